The number of nitrogens with one attached hydrogen (secondary N) is 1. The fourth-order valence-corrected chi connectivity index (χ4v) is 2.81. The number of aliphatic hydroxyl groups is 1. The number of aromatic nitrogens is 1. The largest absolute Gasteiger partial charge is 0.394 e. The van der Waals surface area contributed by atoms with Gasteiger partial charge in [0.1, 0.15) is 5.15 Å². The quantitative estimate of drug-likeness (QED) is 0.818. The minimum atomic E-state index is -1.23. The molecular formula is C11H17ClN2O2S. The summed E-state index contributed by atoms with van der Waals surface area (Å²) in [5.41, 5.74) is 1.76. The van der Waals surface area contributed by atoms with Crippen molar-refractivity contribution in [2.45, 2.75) is 26.3 Å². The number of rotatable bonds is 4. The minimum Gasteiger partial charge on any atom is -0.394 e. The summed E-state index contributed by atoms with van der Waals surface area (Å²) in [6.07, 6.45) is 1.53. The summed E-state index contributed by atoms with van der Waals surface area (Å²) in [5.74, 6) is 0. The van der Waals surface area contributed by atoms with Crippen molar-refractivity contribution in [3.63, 3.8) is 0 Å². The van der Waals surface area contributed by atoms with E-state index in [1.807, 2.05) is 13.8 Å². The molecule has 0 aromatic carbocycles. The molecule has 1 aromatic rings. The molecule has 1 heterocycles. The van der Waals surface area contributed by atoms with Gasteiger partial charge in [0.15, 0.2) is 0 Å². The lowest BCUT2D eigenvalue weighted by Crippen LogP contribution is -2.44. The fraction of sp³-hybridized carbons (Fsp3) is 0.545. The van der Waals surface area contributed by atoms with Crippen LogP contribution in [0, 0.1) is 13.8 Å². The lowest BCUT2D eigenvalue weighted by Gasteiger charge is -2.30. The van der Waals surface area contributed by atoms with Gasteiger partial charge in [0.05, 0.1) is 23.1 Å². The Bertz CT molecular complexity index is 453. The Labute approximate surface area is 109 Å². The molecule has 1 rings (SSSR count). The van der Waals surface area contributed by atoms with Crippen LogP contribution in [0.2, 0.25) is 5.15 Å². The van der Waals surface area contributed by atoms with Crippen LogP contribution in [-0.4, -0.2) is 27.2 Å². The summed E-state index contributed by atoms with van der Waals surface area (Å²) in [6.45, 7) is 5.37. The number of hydrogen-bond acceptors (Lipinski definition) is 3. The Balaban J connectivity index is 3.33. The van der Waals surface area contributed by atoms with E-state index in [0.29, 0.717) is 5.15 Å². The van der Waals surface area contributed by atoms with Crippen molar-refractivity contribution in [3.8, 4) is 0 Å². The van der Waals surface area contributed by atoms with Gasteiger partial charge in [0.2, 0.25) is 0 Å². The first-order valence-electron chi connectivity index (χ1n) is 5.16. The van der Waals surface area contributed by atoms with Crippen LogP contribution in [0.5, 0.6) is 0 Å². The Hall–Kier alpha value is -0.490. The highest BCUT2D eigenvalue weighted by molar-refractivity contribution is 7.82. The summed E-state index contributed by atoms with van der Waals surface area (Å²) in [7, 11) is -1.23. The smallest absolute Gasteiger partial charge is 0.129 e. The predicted octanol–water partition coefficient (Wildman–Crippen LogP) is 1.44. The van der Waals surface area contributed by atoms with Gasteiger partial charge in [0, 0.05) is 11.9 Å². The van der Waals surface area contributed by atoms with Crippen molar-refractivity contribution in [2.75, 3.05) is 12.9 Å². The maximum atomic E-state index is 11.3. The third-order valence-corrected chi connectivity index (χ3v) is 3.70. The highest BCUT2D eigenvalue weighted by Crippen LogP contribution is 2.27. The molecule has 0 bridgehead atoms. The maximum absolute atomic E-state index is 11.3. The van der Waals surface area contributed by atoms with Gasteiger partial charge in [-0.3, -0.25) is 0 Å². The van der Waals surface area contributed by atoms with Crippen molar-refractivity contribution in [2.24, 2.45) is 0 Å². The van der Waals surface area contributed by atoms with Gasteiger partial charge < -0.3 is 5.11 Å². The SMILES string of the molecule is Cc1nc(Cl)cc(C(C)(CO)NS(C)=O)c1C. The van der Waals surface area contributed by atoms with E-state index < -0.39 is 16.5 Å². The van der Waals surface area contributed by atoms with E-state index in [4.69, 9.17) is 11.6 Å². The summed E-state index contributed by atoms with van der Waals surface area (Å²) in [5, 5.41) is 9.90. The highest BCUT2D eigenvalue weighted by atomic mass is 35.5. The molecule has 2 unspecified atom stereocenters. The molecule has 2 atom stereocenters. The molecule has 0 amide bonds. The van der Waals surface area contributed by atoms with Gasteiger partial charge in [-0.1, -0.05) is 11.6 Å². The van der Waals surface area contributed by atoms with Crippen LogP contribution in [0.4, 0.5) is 0 Å². The summed E-state index contributed by atoms with van der Waals surface area (Å²) < 4.78 is 14.2. The van der Waals surface area contributed by atoms with Gasteiger partial charge in [-0.05, 0) is 38.0 Å². The number of aryl methyl sites for hydroxylation is 1. The third kappa shape index (κ3) is 3.25. The standard InChI is InChI=1S/C11H17ClN2O2S/c1-7-8(2)13-10(12)5-9(7)11(3,6-15)14-17(4)16/h5,14-15H,6H2,1-4H3. The third-order valence-electron chi connectivity index (χ3n) is 2.76. The van der Waals surface area contributed by atoms with Gasteiger partial charge >= 0.3 is 0 Å². The van der Waals surface area contributed by atoms with E-state index in [-0.39, 0.29) is 6.61 Å². The fourth-order valence-electron chi connectivity index (χ4n) is 1.76. The van der Waals surface area contributed by atoms with Gasteiger partial charge in [0.25, 0.3) is 0 Å². The molecule has 0 radical (unpaired) electrons. The van der Waals surface area contributed by atoms with Crippen LogP contribution in [0.25, 0.3) is 0 Å². The summed E-state index contributed by atoms with van der Waals surface area (Å²) >= 11 is 5.93. The maximum Gasteiger partial charge on any atom is 0.129 e. The topological polar surface area (TPSA) is 62.2 Å². The van der Waals surface area contributed by atoms with Crippen LogP contribution in [0.3, 0.4) is 0 Å². The van der Waals surface area contributed by atoms with Crippen LogP contribution in [0.1, 0.15) is 23.7 Å². The second kappa shape index (κ2) is 5.44. The number of halogens is 1. The lowest BCUT2D eigenvalue weighted by atomic mass is 9.90. The van der Waals surface area contributed by atoms with Crippen molar-refractivity contribution in [3.05, 3.63) is 28.0 Å². The number of aliphatic hydroxyl groups excluding tert-OH is 1. The van der Waals surface area contributed by atoms with E-state index in [9.17, 15) is 9.32 Å². The normalized spacial score (nSPS) is 16.6. The van der Waals surface area contributed by atoms with E-state index in [1.54, 1.807) is 13.0 Å². The minimum absolute atomic E-state index is 0.173. The summed E-state index contributed by atoms with van der Waals surface area (Å²) in [6, 6.07) is 1.69. The Kier molecular flexibility index (Phi) is 4.66. The van der Waals surface area contributed by atoms with Crippen molar-refractivity contribution >= 4 is 22.6 Å². The molecule has 96 valence electrons. The van der Waals surface area contributed by atoms with Gasteiger partial charge in [-0.15, -0.1) is 0 Å². The molecule has 0 fully saturated rings. The van der Waals surface area contributed by atoms with Crippen molar-refractivity contribution in [1.29, 1.82) is 0 Å². The molecule has 6 heteroatoms. The van der Waals surface area contributed by atoms with Crippen LogP contribution < -0.4 is 4.72 Å². The first kappa shape index (κ1) is 14.6. The molecule has 1 aromatic heterocycles. The zero-order valence-corrected chi connectivity index (χ0v) is 11.9. The van der Waals surface area contributed by atoms with Gasteiger partial charge in [-0.25, -0.2) is 13.9 Å². The van der Waals surface area contributed by atoms with E-state index in [1.165, 1.54) is 6.26 Å². The highest BCUT2D eigenvalue weighted by Gasteiger charge is 2.29. The Morgan fingerprint density at radius 1 is 1.59 bits per heavy atom. The number of hydrogen-bond donors (Lipinski definition) is 2. The molecule has 0 saturated carbocycles. The number of nitrogens with zero attached hydrogens (tertiary/aromatic N) is 1. The molecule has 0 aliphatic carbocycles. The molecule has 0 aliphatic rings. The summed E-state index contributed by atoms with van der Waals surface area (Å²) in [4.78, 5) is 4.14. The van der Waals surface area contributed by atoms with Crippen LogP contribution in [-0.2, 0) is 16.5 Å². The average Bonchev–Trinajstić information content (AvgIpc) is 2.22. The molecule has 0 saturated heterocycles. The first-order valence-corrected chi connectivity index (χ1v) is 7.10. The van der Waals surface area contributed by atoms with Crippen LogP contribution in [0.15, 0.2) is 6.07 Å². The zero-order chi connectivity index (χ0) is 13.2. The van der Waals surface area contributed by atoms with Gasteiger partial charge in [-0.2, -0.15) is 0 Å². The molecule has 2 N–H and O–H groups in total. The first-order chi connectivity index (χ1) is 7.80. The average molecular weight is 277 g/mol. The van der Waals surface area contributed by atoms with E-state index in [2.05, 4.69) is 9.71 Å². The Morgan fingerprint density at radius 2 is 2.18 bits per heavy atom. The molecule has 4 nitrogen and oxygen atoms in total. The molecular weight excluding hydrogens is 260 g/mol. The molecule has 17 heavy (non-hydrogen) atoms. The lowest BCUT2D eigenvalue weighted by molar-refractivity contribution is 0.197. The molecule has 0 aliphatic heterocycles. The van der Waals surface area contributed by atoms with Crippen molar-refractivity contribution < 1.29 is 9.32 Å². The zero-order valence-electron chi connectivity index (χ0n) is 10.4. The van der Waals surface area contributed by atoms with E-state index >= 15 is 0 Å². The van der Waals surface area contributed by atoms with E-state index in [0.717, 1.165) is 16.8 Å². The number of pyridine rings is 1. The second-order valence-corrected chi connectivity index (χ2v) is 5.75. The Morgan fingerprint density at radius 3 is 2.65 bits per heavy atom. The molecule has 0 spiro atoms. The second-order valence-electron chi connectivity index (χ2n) is 4.25. The van der Waals surface area contributed by atoms with Crippen molar-refractivity contribution in [1.82, 2.24) is 9.71 Å². The predicted molar refractivity (Wildman–Crippen MR) is 70.4 cm³/mol. The van der Waals surface area contributed by atoms with Crippen LogP contribution >= 0.6 is 11.6 Å². The monoisotopic (exact) mass is 276 g/mol.